The molecule has 0 aromatic heterocycles. The third kappa shape index (κ3) is 2.63. The Morgan fingerprint density at radius 3 is 3.12 bits per heavy atom. The summed E-state index contributed by atoms with van der Waals surface area (Å²) < 4.78 is 5.65. The first-order valence-corrected chi connectivity index (χ1v) is 6.90. The quantitative estimate of drug-likeness (QED) is 0.845. The van der Waals surface area contributed by atoms with Crippen molar-refractivity contribution in [2.75, 3.05) is 13.2 Å². The fourth-order valence-electron chi connectivity index (χ4n) is 2.92. The number of fused-ring (bicyclic) bond motifs is 1. The lowest BCUT2D eigenvalue weighted by Crippen LogP contribution is -2.35. The standard InChI is InChI=1S/C15H21NO/c1-2-8-16-14(5-1)11-12-6-7-15-13(10-12)4-3-9-17-15/h6-7,10,14,16H,1-5,8-9,11H2. The average molecular weight is 231 g/mol. The van der Waals surface area contributed by atoms with E-state index in [0.29, 0.717) is 6.04 Å². The zero-order valence-corrected chi connectivity index (χ0v) is 10.4. The highest BCUT2D eigenvalue weighted by Gasteiger charge is 2.15. The molecule has 0 bridgehead atoms. The molecule has 17 heavy (non-hydrogen) atoms. The Morgan fingerprint density at radius 1 is 1.24 bits per heavy atom. The highest BCUT2D eigenvalue weighted by Crippen LogP contribution is 2.26. The van der Waals surface area contributed by atoms with Crippen molar-refractivity contribution < 1.29 is 4.74 Å². The van der Waals surface area contributed by atoms with E-state index in [0.717, 1.165) is 18.8 Å². The van der Waals surface area contributed by atoms with Crippen LogP contribution < -0.4 is 10.1 Å². The molecule has 1 aromatic rings. The summed E-state index contributed by atoms with van der Waals surface area (Å²) in [6.07, 6.45) is 7.57. The molecule has 92 valence electrons. The molecule has 1 aromatic carbocycles. The van der Waals surface area contributed by atoms with Crippen LogP contribution in [0.5, 0.6) is 5.75 Å². The molecule has 3 rings (SSSR count). The summed E-state index contributed by atoms with van der Waals surface area (Å²) in [5.41, 5.74) is 2.87. The second kappa shape index (κ2) is 5.09. The Labute approximate surface area is 103 Å². The van der Waals surface area contributed by atoms with Crippen molar-refractivity contribution in [3.63, 3.8) is 0 Å². The minimum atomic E-state index is 0.686. The Morgan fingerprint density at radius 2 is 2.24 bits per heavy atom. The van der Waals surface area contributed by atoms with Crippen LogP contribution in [0.15, 0.2) is 18.2 Å². The maximum atomic E-state index is 5.65. The monoisotopic (exact) mass is 231 g/mol. The van der Waals surface area contributed by atoms with Crippen LogP contribution in [0.2, 0.25) is 0 Å². The summed E-state index contributed by atoms with van der Waals surface area (Å²) in [6, 6.07) is 7.43. The van der Waals surface area contributed by atoms with E-state index in [9.17, 15) is 0 Å². The highest BCUT2D eigenvalue weighted by atomic mass is 16.5. The lowest BCUT2D eigenvalue weighted by Gasteiger charge is -2.24. The van der Waals surface area contributed by atoms with E-state index in [1.54, 1.807) is 0 Å². The number of hydrogen-bond acceptors (Lipinski definition) is 2. The van der Waals surface area contributed by atoms with E-state index in [1.807, 2.05) is 0 Å². The average Bonchev–Trinajstić information content (AvgIpc) is 2.40. The predicted octanol–water partition coefficient (Wildman–Crippen LogP) is 2.70. The summed E-state index contributed by atoms with van der Waals surface area (Å²) in [7, 11) is 0. The first-order chi connectivity index (χ1) is 8.42. The van der Waals surface area contributed by atoms with Gasteiger partial charge in [-0.1, -0.05) is 18.6 Å². The van der Waals surface area contributed by atoms with E-state index >= 15 is 0 Å². The van der Waals surface area contributed by atoms with Crippen LogP contribution in [0.3, 0.4) is 0 Å². The van der Waals surface area contributed by atoms with Gasteiger partial charge in [-0.15, -0.1) is 0 Å². The molecule has 1 atom stereocenters. The smallest absolute Gasteiger partial charge is 0.122 e. The normalized spacial score (nSPS) is 23.9. The summed E-state index contributed by atoms with van der Waals surface area (Å²) in [6.45, 7) is 2.08. The minimum Gasteiger partial charge on any atom is -0.493 e. The molecule has 2 heteroatoms. The molecule has 0 spiro atoms. The second-order valence-corrected chi connectivity index (χ2v) is 5.25. The lowest BCUT2D eigenvalue weighted by molar-refractivity contribution is 0.288. The Hall–Kier alpha value is -1.02. The van der Waals surface area contributed by atoms with Gasteiger partial charge >= 0.3 is 0 Å². The predicted molar refractivity (Wildman–Crippen MR) is 69.6 cm³/mol. The van der Waals surface area contributed by atoms with Crippen LogP contribution in [-0.4, -0.2) is 19.2 Å². The van der Waals surface area contributed by atoms with Gasteiger partial charge < -0.3 is 10.1 Å². The largest absolute Gasteiger partial charge is 0.493 e. The maximum Gasteiger partial charge on any atom is 0.122 e. The lowest BCUT2D eigenvalue weighted by atomic mass is 9.95. The first-order valence-electron chi connectivity index (χ1n) is 6.90. The minimum absolute atomic E-state index is 0.686. The van der Waals surface area contributed by atoms with Crippen molar-refractivity contribution in [1.82, 2.24) is 5.32 Å². The fourth-order valence-corrected chi connectivity index (χ4v) is 2.92. The third-order valence-electron chi connectivity index (χ3n) is 3.87. The number of ether oxygens (including phenoxy) is 1. The maximum absolute atomic E-state index is 5.65. The number of nitrogens with one attached hydrogen (secondary N) is 1. The Balaban J connectivity index is 1.70. The molecule has 1 saturated heterocycles. The topological polar surface area (TPSA) is 21.3 Å². The molecule has 0 radical (unpaired) electrons. The second-order valence-electron chi connectivity index (χ2n) is 5.25. The van der Waals surface area contributed by atoms with Crippen LogP contribution in [0.1, 0.15) is 36.8 Å². The van der Waals surface area contributed by atoms with Gasteiger partial charge in [0.2, 0.25) is 0 Å². The van der Waals surface area contributed by atoms with E-state index in [-0.39, 0.29) is 0 Å². The number of hydrogen-bond donors (Lipinski definition) is 1. The van der Waals surface area contributed by atoms with Gasteiger partial charge in [-0.2, -0.15) is 0 Å². The number of piperidine rings is 1. The van der Waals surface area contributed by atoms with Gasteiger partial charge in [0.1, 0.15) is 5.75 Å². The molecule has 2 heterocycles. The van der Waals surface area contributed by atoms with Crippen molar-refractivity contribution in [2.24, 2.45) is 0 Å². The molecular weight excluding hydrogens is 210 g/mol. The van der Waals surface area contributed by atoms with Crippen LogP contribution in [0.4, 0.5) is 0 Å². The van der Waals surface area contributed by atoms with Crippen molar-refractivity contribution >= 4 is 0 Å². The zero-order chi connectivity index (χ0) is 11.5. The Bertz CT molecular complexity index is 383. The molecule has 0 saturated carbocycles. The Kier molecular flexibility index (Phi) is 3.32. The summed E-state index contributed by atoms with van der Waals surface area (Å²) in [5.74, 6) is 1.11. The zero-order valence-electron chi connectivity index (χ0n) is 10.4. The van der Waals surface area contributed by atoms with Gasteiger partial charge in [-0.25, -0.2) is 0 Å². The first kappa shape index (κ1) is 11.1. The van der Waals surface area contributed by atoms with Crippen molar-refractivity contribution in [3.05, 3.63) is 29.3 Å². The fraction of sp³-hybridized carbons (Fsp3) is 0.600. The van der Waals surface area contributed by atoms with Gasteiger partial charge in [0.05, 0.1) is 6.61 Å². The van der Waals surface area contributed by atoms with Gasteiger partial charge in [-0.05, 0) is 55.8 Å². The number of rotatable bonds is 2. The van der Waals surface area contributed by atoms with E-state index in [4.69, 9.17) is 4.74 Å². The third-order valence-corrected chi connectivity index (χ3v) is 3.87. The van der Waals surface area contributed by atoms with Gasteiger partial charge in [-0.3, -0.25) is 0 Å². The van der Waals surface area contributed by atoms with E-state index in [1.165, 1.54) is 49.8 Å². The van der Waals surface area contributed by atoms with Crippen LogP contribution in [-0.2, 0) is 12.8 Å². The molecule has 0 amide bonds. The number of benzene rings is 1. The van der Waals surface area contributed by atoms with Crippen LogP contribution in [0.25, 0.3) is 0 Å². The van der Waals surface area contributed by atoms with E-state index in [2.05, 4.69) is 23.5 Å². The highest BCUT2D eigenvalue weighted by molar-refractivity contribution is 5.38. The van der Waals surface area contributed by atoms with Gasteiger partial charge in [0.25, 0.3) is 0 Å². The molecule has 1 N–H and O–H groups in total. The van der Waals surface area contributed by atoms with Gasteiger partial charge in [0, 0.05) is 6.04 Å². The number of aryl methyl sites for hydroxylation is 1. The summed E-state index contributed by atoms with van der Waals surface area (Å²) >= 11 is 0. The molecule has 2 aliphatic heterocycles. The molecule has 1 fully saturated rings. The van der Waals surface area contributed by atoms with E-state index < -0.39 is 0 Å². The molecule has 0 aliphatic carbocycles. The molecular formula is C15H21NO. The molecule has 2 aliphatic rings. The summed E-state index contributed by atoms with van der Waals surface area (Å²) in [5, 5.41) is 3.62. The van der Waals surface area contributed by atoms with Crippen molar-refractivity contribution in [3.8, 4) is 5.75 Å². The van der Waals surface area contributed by atoms with Gasteiger partial charge in [0.15, 0.2) is 0 Å². The van der Waals surface area contributed by atoms with Crippen LogP contribution >= 0.6 is 0 Å². The molecule has 1 unspecified atom stereocenters. The SMILES string of the molecule is c1cc2c(cc1CC1CCCCN1)CCCO2. The van der Waals surface area contributed by atoms with Crippen LogP contribution in [0, 0.1) is 0 Å². The summed E-state index contributed by atoms with van der Waals surface area (Å²) in [4.78, 5) is 0. The molecule has 2 nitrogen and oxygen atoms in total. The van der Waals surface area contributed by atoms with Crippen molar-refractivity contribution in [1.29, 1.82) is 0 Å². The van der Waals surface area contributed by atoms with Crippen molar-refractivity contribution in [2.45, 2.75) is 44.6 Å².